The first-order valence-electron chi connectivity index (χ1n) is 6.63. The lowest BCUT2D eigenvalue weighted by atomic mass is 9.74. The van der Waals surface area contributed by atoms with Crippen molar-refractivity contribution in [3.05, 3.63) is 29.8 Å². The number of amides is 1. The van der Waals surface area contributed by atoms with Crippen LogP contribution in [0.3, 0.4) is 0 Å². The van der Waals surface area contributed by atoms with Crippen molar-refractivity contribution in [2.75, 3.05) is 0 Å². The van der Waals surface area contributed by atoms with Crippen LogP contribution in [0.25, 0.3) is 0 Å². The number of carbonyl (C=O) groups is 1. The average molecular weight is 301 g/mol. The minimum absolute atomic E-state index is 0.0605. The number of halogens is 3. The van der Waals surface area contributed by atoms with Gasteiger partial charge in [-0.25, -0.2) is 0 Å². The molecule has 0 aliphatic carbocycles. The van der Waals surface area contributed by atoms with Crippen molar-refractivity contribution < 1.29 is 27.4 Å². The molecule has 3 unspecified atom stereocenters. The molecule has 0 radical (unpaired) electrons. The molecular formula is C14H14F3NO3. The molecule has 2 aliphatic rings. The Morgan fingerprint density at radius 3 is 2.81 bits per heavy atom. The normalized spacial score (nSPS) is 31.4. The van der Waals surface area contributed by atoms with E-state index < -0.39 is 23.8 Å². The Balaban J connectivity index is 1.96. The van der Waals surface area contributed by atoms with Gasteiger partial charge < -0.3 is 15.2 Å². The van der Waals surface area contributed by atoms with Gasteiger partial charge in [0.1, 0.15) is 11.4 Å². The molecule has 2 fully saturated rings. The van der Waals surface area contributed by atoms with Crippen molar-refractivity contribution in [1.82, 2.24) is 0 Å². The highest BCUT2D eigenvalue weighted by molar-refractivity contribution is 5.79. The summed E-state index contributed by atoms with van der Waals surface area (Å²) in [5.41, 5.74) is 5.01. The van der Waals surface area contributed by atoms with Gasteiger partial charge in [-0.1, -0.05) is 12.1 Å². The van der Waals surface area contributed by atoms with E-state index >= 15 is 0 Å². The van der Waals surface area contributed by atoms with Crippen molar-refractivity contribution in [3.63, 3.8) is 0 Å². The molecule has 7 heteroatoms. The lowest BCUT2D eigenvalue weighted by Crippen LogP contribution is -2.40. The molecule has 2 heterocycles. The predicted molar refractivity (Wildman–Crippen MR) is 66.2 cm³/mol. The third-order valence-electron chi connectivity index (χ3n) is 4.18. The van der Waals surface area contributed by atoms with E-state index in [0.717, 1.165) is 6.42 Å². The Morgan fingerprint density at radius 2 is 2.19 bits per heavy atom. The summed E-state index contributed by atoms with van der Waals surface area (Å²) in [6, 6.07) is 5.59. The van der Waals surface area contributed by atoms with Crippen molar-refractivity contribution in [2.45, 2.75) is 37.3 Å². The first-order chi connectivity index (χ1) is 9.80. The lowest BCUT2D eigenvalue weighted by molar-refractivity contribution is -0.274. The van der Waals surface area contributed by atoms with Crippen LogP contribution in [0.5, 0.6) is 5.75 Å². The van der Waals surface area contributed by atoms with Crippen LogP contribution in [0.2, 0.25) is 0 Å². The monoisotopic (exact) mass is 301 g/mol. The van der Waals surface area contributed by atoms with Gasteiger partial charge in [0.05, 0.1) is 12.0 Å². The first-order valence-corrected chi connectivity index (χ1v) is 6.63. The van der Waals surface area contributed by atoms with Gasteiger partial charge in [0.2, 0.25) is 5.91 Å². The molecule has 2 bridgehead atoms. The number of rotatable bonds is 3. The minimum atomic E-state index is -4.76. The molecule has 2 saturated heterocycles. The summed E-state index contributed by atoms with van der Waals surface area (Å²) < 4.78 is 46.7. The van der Waals surface area contributed by atoms with Gasteiger partial charge >= 0.3 is 6.36 Å². The molecule has 3 rings (SSSR count). The molecule has 0 saturated carbocycles. The number of hydrogen-bond acceptors (Lipinski definition) is 3. The number of ether oxygens (including phenoxy) is 2. The topological polar surface area (TPSA) is 61.6 Å². The summed E-state index contributed by atoms with van der Waals surface area (Å²) >= 11 is 0. The van der Waals surface area contributed by atoms with E-state index in [2.05, 4.69) is 4.74 Å². The van der Waals surface area contributed by atoms with E-state index in [0.29, 0.717) is 18.4 Å². The van der Waals surface area contributed by atoms with Crippen LogP contribution in [0.15, 0.2) is 24.3 Å². The maximum absolute atomic E-state index is 12.3. The van der Waals surface area contributed by atoms with Gasteiger partial charge in [0.25, 0.3) is 0 Å². The number of fused-ring (bicyclic) bond motifs is 2. The van der Waals surface area contributed by atoms with E-state index in [1.807, 2.05) is 0 Å². The number of hydrogen-bond donors (Lipinski definition) is 1. The van der Waals surface area contributed by atoms with Crippen molar-refractivity contribution in [3.8, 4) is 5.75 Å². The van der Waals surface area contributed by atoms with Crippen molar-refractivity contribution in [1.29, 1.82) is 0 Å². The fourth-order valence-corrected chi connectivity index (χ4v) is 3.38. The predicted octanol–water partition coefficient (Wildman–Crippen LogP) is 2.46. The molecular weight excluding hydrogens is 287 g/mol. The van der Waals surface area contributed by atoms with E-state index in [9.17, 15) is 18.0 Å². The van der Waals surface area contributed by atoms with E-state index in [1.165, 1.54) is 18.2 Å². The molecule has 1 aromatic rings. The Morgan fingerprint density at radius 1 is 1.43 bits per heavy atom. The minimum Gasteiger partial charge on any atom is -0.406 e. The summed E-state index contributed by atoms with van der Waals surface area (Å²) in [6.07, 6.45) is -2.96. The Labute approximate surface area is 119 Å². The second-order valence-corrected chi connectivity index (χ2v) is 5.43. The van der Waals surface area contributed by atoms with Gasteiger partial charge in [-0.05, 0) is 37.0 Å². The number of nitrogens with two attached hydrogens (primary N) is 1. The maximum Gasteiger partial charge on any atom is 0.573 e. The number of carbonyl (C=O) groups excluding carboxylic acids is 1. The quantitative estimate of drug-likeness (QED) is 0.933. The highest BCUT2D eigenvalue weighted by atomic mass is 19.4. The fraction of sp³-hybridized carbons (Fsp3) is 0.500. The van der Waals surface area contributed by atoms with Crippen LogP contribution in [0.1, 0.15) is 24.8 Å². The zero-order chi connectivity index (χ0) is 15.3. The third kappa shape index (κ3) is 2.46. The summed E-state index contributed by atoms with van der Waals surface area (Å²) in [4.78, 5) is 11.6. The number of primary amides is 1. The van der Waals surface area contributed by atoms with Crippen LogP contribution < -0.4 is 10.5 Å². The Bertz CT molecular complexity index is 575. The highest BCUT2D eigenvalue weighted by Gasteiger charge is 2.56. The zero-order valence-electron chi connectivity index (χ0n) is 11.0. The molecule has 114 valence electrons. The van der Waals surface area contributed by atoms with Gasteiger partial charge in [-0.3, -0.25) is 4.79 Å². The van der Waals surface area contributed by atoms with Gasteiger partial charge in [-0.2, -0.15) is 0 Å². The number of benzene rings is 1. The summed E-state index contributed by atoms with van der Waals surface area (Å²) in [6.45, 7) is 0. The van der Waals surface area contributed by atoms with Crippen molar-refractivity contribution in [2.24, 2.45) is 11.7 Å². The van der Waals surface area contributed by atoms with Crippen LogP contribution in [-0.2, 0) is 15.1 Å². The van der Waals surface area contributed by atoms with E-state index in [1.54, 1.807) is 6.07 Å². The molecule has 0 spiro atoms. The van der Waals surface area contributed by atoms with Crippen LogP contribution >= 0.6 is 0 Å². The van der Waals surface area contributed by atoms with Crippen molar-refractivity contribution >= 4 is 5.91 Å². The Kier molecular flexibility index (Phi) is 3.12. The third-order valence-corrected chi connectivity index (χ3v) is 4.18. The summed E-state index contributed by atoms with van der Waals surface area (Å²) in [7, 11) is 0. The molecule has 2 N–H and O–H groups in total. The van der Waals surface area contributed by atoms with Gasteiger partial charge in [-0.15, -0.1) is 13.2 Å². The molecule has 2 aliphatic heterocycles. The van der Waals surface area contributed by atoms with Gasteiger partial charge in [0.15, 0.2) is 0 Å². The standard InChI is InChI=1S/C14H14F3NO3/c15-14(16,17)21-9-3-1-2-8(6-9)13-5-4-10(20-13)7-11(13)12(18)19/h1-3,6,10-11H,4-5,7H2,(H2,18,19). The summed E-state index contributed by atoms with van der Waals surface area (Å²) in [5, 5.41) is 0. The fourth-order valence-electron chi connectivity index (χ4n) is 3.38. The van der Waals surface area contributed by atoms with E-state index in [4.69, 9.17) is 10.5 Å². The largest absolute Gasteiger partial charge is 0.573 e. The molecule has 1 aromatic carbocycles. The lowest BCUT2D eigenvalue weighted by Gasteiger charge is -2.31. The van der Waals surface area contributed by atoms with Crippen LogP contribution in [0, 0.1) is 5.92 Å². The van der Waals surface area contributed by atoms with Crippen LogP contribution in [-0.4, -0.2) is 18.4 Å². The molecule has 4 nitrogen and oxygen atoms in total. The van der Waals surface area contributed by atoms with E-state index in [-0.39, 0.29) is 11.9 Å². The van der Waals surface area contributed by atoms with Gasteiger partial charge in [0, 0.05) is 0 Å². The molecule has 21 heavy (non-hydrogen) atoms. The molecule has 1 amide bonds. The molecule has 0 aromatic heterocycles. The average Bonchev–Trinajstić information content (AvgIpc) is 2.96. The zero-order valence-corrected chi connectivity index (χ0v) is 11.0. The summed E-state index contributed by atoms with van der Waals surface area (Å²) in [5.74, 6) is -1.33. The Hall–Kier alpha value is -1.76. The smallest absolute Gasteiger partial charge is 0.406 e. The molecule has 3 atom stereocenters. The van der Waals surface area contributed by atoms with Crippen LogP contribution in [0.4, 0.5) is 13.2 Å². The SMILES string of the molecule is NC(=O)C1CC2CCC1(c1cccc(OC(F)(F)F)c1)O2. The highest BCUT2D eigenvalue weighted by Crippen LogP contribution is 2.54. The second-order valence-electron chi connectivity index (χ2n) is 5.43. The first kappa shape index (κ1) is 14.2. The second kappa shape index (κ2) is 4.62. The number of alkyl halides is 3. The maximum atomic E-state index is 12.3.